The summed E-state index contributed by atoms with van der Waals surface area (Å²) in [7, 11) is 5.95. The summed E-state index contributed by atoms with van der Waals surface area (Å²) in [5, 5.41) is 7.99. The molecule has 1 amide bonds. The van der Waals surface area contributed by atoms with Gasteiger partial charge in [0.1, 0.15) is 23.7 Å². The molecule has 3 aliphatic rings. The van der Waals surface area contributed by atoms with Crippen LogP contribution in [0.15, 0.2) is 55.4 Å². The molecule has 0 bridgehead atoms. The summed E-state index contributed by atoms with van der Waals surface area (Å²) in [6, 6.07) is 11.8. The third-order valence-corrected chi connectivity index (χ3v) is 9.63. The summed E-state index contributed by atoms with van der Waals surface area (Å²) < 4.78 is 20.9. The van der Waals surface area contributed by atoms with Crippen LogP contribution in [-0.2, 0) is 9.63 Å². The Hall–Kier alpha value is -4.26. The van der Waals surface area contributed by atoms with Crippen molar-refractivity contribution >= 4 is 34.6 Å². The van der Waals surface area contributed by atoms with Crippen molar-refractivity contribution in [3.8, 4) is 5.75 Å². The second kappa shape index (κ2) is 14.2. The lowest BCUT2D eigenvalue weighted by atomic mass is 10.0. The lowest BCUT2D eigenvalue weighted by Crippen LogP contribution is -2.45. The molecule has 2 atom stereocenters. The fraction of sp³-hybridized carbons (Fsp3) is 0.457. The van der Waals surface area contributed by atoms with E-state index in [0.29, 0.717) is 65.0 Å². The van der Waals surface area contributed by atoms with Crippen LogP contribution >= 0.6 is 0 Å². The number of aromatic nitrogens is 2. The number of ether oxygens (including phenoxy) is 1. The number of nitrogens with one attached hydrogen (secondary N) is 2. The first-order chi connectivity index (χ1) is 22.7. The van der Waals surface area contributed by atoms with Gasteiger partial charge in [0.2, 0.25) is 5.91 Å². The number of carbonyl (C=O) groups excluding carboxylic acids is 1. The van der Waals surface area contributed by atoms with Crippen LogP contribution in [0.25, 0.3) is 0 Å². The third kappa shape index (κ3) is 7.04. The molecular formula is C35H45FN8O3. The summed E-state index contributed by atoms with van der Waals surface area (Å²) in [5.74, 6) is 1.05. The van der Waals surface area contributed by atoms with Crippen LogP contribution < -0.4 is 25.3 Å². The van der Waals surface area contributed by atoms with Crippen molar-refractivity contribution < 1.29 is 18.8 Å². The quantitative estimate of drug-likeness (QED) is 0.284. The molecule has 3 aromatic rings. The minimum Gasteiger partial charge on any atom is -0.494 e. The Balaban J connectivity index is 1.22. The number of likely N-dealkylation sites (N-methyl/N-ethyl adjacent to an activating group) is 1. The van der Waals surface area contributed by atoms with Gasteiger partial charge in [0.25, 0.3) is 0 Å². The number of hydrogen-bond donors (Lipinski definition) is 2. The van der Waals surface area contributed by atoms with E-state index >= 15 is 4.39 Å². The smallest absolute Gasteiger partial charge is 0.247 e. The molecule has 3 saturated heterocycles. The Kier molecular flexibility index (Phi) is 9.90. The highest BCUT2D eigenvalue weighted by Gasteiger charge is 2.33. The number of piperidine rings is 1. The van der Waals surface area contributed by atoms with Crippen molar-refractivity contribution in [1.29, 1.82) is 0 Å². The number of halogens is 1. The molecule has 1 aromatic heterocycles. The van der Waals surface area contributed by atoms with Gasteiger partial charge < -0.3 is 25.2 Å². The molecule has 2 N–H and O–H groups in total. The van der Waals surface area contributed by atoms with E-state index in [0.717, 1.165) is 44.7 Å². The second-order valence-corrected chi connectivity index (χ2v) is 12.7. The number of benzene rings is 2. The average molecular weight is 645 g/mol. The molecule has 4 heterocycles. The molecule has 3 aliphatic heterocycles. The van der Waals surface area contributed by atoms with Gasteiger partial charge in [-0.05, 0) is 58.0 Å². The van der Waals surface area contributed by atoms with Crippen molar-refractivity contribution in [3.05, 3.63) is 72.3 Å². The Bertz CT molecular complexity index is 1590. The lowest BCUT2D eigenvalue weighted by Gasteiger charge is -2.39. The number of anilines is 5. The number of methoxy groups -OCH3 is 1. The van der Waals surface area contributed by atoms with Crippen LogP contribution in [0, 0.1) is 12.7 Å². The standard InChI is InChI=1S/C35H45FN8O3/c1-6-34(45)40-27-18-28(31(46-5)19-30(27)42-14-10-24(11-15-42)43-16-12-25(21-43)41(3)4)39-32-20-33(38-22-37-32)44-29(13-17-47-44)26-9-7-8-23(2)35(26)36/h6-9,18-20,22,24-25,29H,1,10-17,21H2,2-5H3,(H,40,45)(H,37,38,39)/t25-,29-/m1/s1. The zero-order valence-electron chi connectivity index (χ0n) is 27.7. The predicted molar refractivity (Wildman–Crippen MR) is 183 cm³/mol. The van der Waals surface area contributed by atoms with Gasteiger partial charge >= 0.3 is 0 Å². The lowest BCUT2D eigenvalue weighted by molar-refractivity contribution is -0.111. The molecule has 250 valence electrons. The number of nitrogens with zero attached hydrogens (tertiary/aromatic N) is 6. The Morgan fingerprint density at radius 1 is 1.11 bits per heavy atom. The van der Waals surface area contributed by atoms with E-state index in [1.807, 2.05) is 18.2 Å². The molecule has 12 heteroatoms. The number of hydroxylamine groups is 1. The molecule has 47 heavy (non-hydrogen) atoms. The molecule has 0 radical (unpaired) electrons. The highest BCUT2D eigenvalue weighted by molar-refractivity contribution is 6.02. The first-order valence-corrected chi connectivity index (χ1v) is 16.3. The highest BCUT2D eigenvalue weighted by Crippen LogP contribution is 2.41. The predicted octanol–water partition coefficient (Wildman–Crippen LogP) is 5.29. The molecule has 3 fully saturated rings. The Morgan fingerprint density at radius 3 is 2.64 bits per heavy atom. The maximum atomic E-state index is 15.1. The second-order valence-electron chi connectivity index (χ2n) is 12.7. The number of amides is 1. The minimum absolute atomic E-state index is 0.238. The zero-order valence-corrected chi connectivity index (χ0v) is 27.7. The fourth-order valence-corrected chi connectivity index (χ4v) is 6.95. The maximum absolute atomic E-state index is 15.1. The Morgan fingerprint density at radius 2 is 1.91 bits per heavy atom. The van der Waals surface area contributed by atoms with Crippen molar-refractivity contribution in [2.75, 3.05) is 74.6 Å². The summed E-state index contributed by atoms with van der Waals surface area (Å²) in [4.78, 5) is 34.6. The van der Waals surface area contributed by atoms with E-state index in [1.54, 1.807) is 37.3 Å². The van der Waals surface area contributed by atoms with E-state index in [9.17, 15) is 4.79 Å². The van der Waals surface area contributed by atoms with Gasteiger partial charge in [0, 0.05) is 62.4 Å². The van der Waals surface area contributed by atoms with Crippen molar-refractivity contribution in [3.63, 3.8) is 0 Å². The largest absolute Gasteiger partial charge is 0.494 e. The number of rotatable bonds is 10. The molecule has 0 spiro atoms. The molecule has 6 rings (SSSR count). The van der Waals surface area contributed by atoms with Crippen molar-refractivity contribution in [2.45, 2.75) is 50.7 Å². The van der Waals surface area contributed by atoms with E-state index < -0.39 is 0 Å². The van der Waals surface area contributed by atoms with E-state index in [-0.39, 0.29) is 17.8 Å². The van der Waals surface area contributed by atoms with Gasteiger partial charge in [-0.1, -0.05) is 24.8 Å². The zero-order chi connectivity index (χ0) is 33.1. The van der Waals surface area contributed by atoms with Crippen LogP contribution in [0.5, 0.6) is 5.75 Å². The first kappa shape index (κ1) is 32.7. The van der Waals surface area contributed by atoms with Gasteiger partial charge in [-0.3, -0.25) is 14.5 Å². The number of likely N-dealkylation sites (tertiary alicyclic amines) is 1. The minimum atomic E-state index is -0.323. The molecule has 11 nitrogen and oxygen atoms in total. The molecule has 2 aromatic carbocycles. The first-order valence-electron chi connectivity index (χ1n) is 16.3. The fourth-order valence-electron chi connectivity index (χ4n) is 6.95. The van der Waals surface area contributed by atoms with Gasteiger partial charge in [0.05, 0.1) is 36.8 Å². The summed E-state index contributed by atoms with van der Waals surface area (Å²) in [5.41, 5.74) is 3.31. The molecule has 0 saturated carbocycles. The van der Waals surface area contributed by atoms with E-state index in [1.165, 1.54) is 18.8 Å². The number of carbonyl (C=O) groups is 1. The van der Waals surface area contributed by atoms with Gasteiger partial charge in [-0.2, -0.15) is 0 Å². The normalized spacial score (nSPS) is 20.6. The van der Waals surface area contributed by atoms with E-state index in [4.69, 9.17) is 9.57 Å². The summed E-state index contributed by atoms with van der Waals surface area (Å²) >= 11 is 0. The van der Waals surface area contributed by atoms with Crippen LogP contribution in [0.2, 0.25) is 0 Å². The number of hydrogen-bond acceptors (Lipinski definition) is 10. The average Bonchev–Trinajstić information content (AvgIpc) is 3.78. The molecular weight excluding hydrogens is 599 g/mol. The maximum Gasteiger partial charge on any atom is 0.247 e. The van der Waals surface area contributed by atoms with Crippen LogP contribution in [0.3, 0.4) is 0 Å². The van der Waals surface area contributed by atoms with E-state index in [2.05, 4.69) is 56.0 Å². The summed E-state index contributed by atoms with van der Waals surface area (Å²) in [6.45, 7) is 9.84. The highest BCUT2D eigenvalue weighted by atomic mass is 19.1. The van der Waals surface area contributed by atoms with Crippen molar-refractivity contribution in [1.82, 2.24) is 19.8 Å². The van der Waals surface area contributed by atoms with Crippen LogP contribution in [-0.4, -0.2) is 91.7 Å². The molecule has 0 aliphatic carbocycles. The monoisotopic (exact) mass is 644 g/mol. The van der Waals surface area contributed by atoms with Gasteiger partial charge in [-0.15, -0.1) is 0 Å². The third-order valence-electron chi connectivity index (χ3n) is 9.63. The Labute approximate surface area is 276 Å². The van der Waals surface area contributed by atoms with Crippen LogP contribution in [0.4, 0.5) is 33.1 Å². The SMILES string of the molecule is C=CC(=O)Nc1cc(Nc2cc(N3OCC[C@@H]3c3cccc(C)c3F)ncn2)c(OC)cc1N1CCC(N2CC[C@@H](N(C)C)C2)CC1. The topological polar surface area (TPSA) is 98.3 Å². The van der Waals surface area contributed by atoms with Gasteiger partial charge in [-0.25, -0.2) is 19.4 Å². The molecule has 0 unspecified atom stereocenters. The van der Waals surface area contributed by atoms with Crippen molar-refractivity contribution in [2.24, 2.45) is 0 Å². The summed E-state index contributed by atoms with van der Waals surface area (Å²) in [6.07, 6.45) is 6.64. The van der Waals surface area contributed by atoms with Crippen LogP contribution in [0.1, 0.15) is 42.9 Å². The van der Waals surface area contributed by atoms with Gasteiger partial charge in [0.15, 0.2) is 5.82 Å². The number of aryl methyl sites for hydroxylation is 1.